The third kappa shape index (κ3) is 2.44. The number of halogens is 2. The predicted octanol–water partition coefficient (Wildman–Crippen LogP) is 4.15. The van der Waals surface area contributed by atoms with E-state index in [1.54, 1.807) is 47.4 Å². The minimum Gasteiger partial charge on any atom is -0.507 e. The van der Waals surface area contributed by atoms with Gasteiger partial charge in [-0.3, -0.25) is 0 Å². The molecule has 0 atom stereocenters. The normalized spacial score (nSPS) is 10.7. The lowest BCUT2D eigenvalue weighted by atomic mass is 10.1. The highest BCUT2D eigenvalue weighted by atomic mass is 79.9. The van der Waals surface area contributed by atoms with E-state index in [-0.39, 0.29) is 11.6 Å². The van der Waals surface area contributed by atoms with Crippen LogP contribution in [-0.4, -0.2) is 14.7 Å². The minimum absolute atomic E-state index is 0.164. The molecule has 3 rings (SSSR count). The molecule has 3 nitrogen and oxygen atoms in total. The van der Waals surface area contributed by atoms with Crippen molar-refractivity contribution in [1.29, 1.82) is 0 Å². The molecule has 2 aromatic carbocycles. The molecular weight excluding hydrogens is 323 g/mol. The summed E-state index contributed by atoms with van der Waals surface area (Å²) in [6.45, 7) is 0. The molecule has 1 aromatic heterocycles. The van der Waals surface area contributed by atoms with Crippen molar-refractivity contribution in [3.8, 4) is 22.7 Å². The Bertz CT molecular complexity index is 753. The lowest BCUT2D eigenvalue weighted by Gasteiger charge is -2.02. The van der Waals surface area contributed by atoms with E-state index in [0.717, 1.165) is 10.2 Å². The first-order valence-electron chi connectivity index (χ1n) is 5.92. The second-order valence-electron chi connectivity index (χ2n) is 4.30. The quantitative estimate of drug-likeness (QED) is 0.765. The van der Waals surface area contributed by atoms with Crippen LogP contribution in [0.3, 0.4) is 0 Å². The van der Waals surface area contributed by atoms with Crippen molar-refractivity contribution in [3.05, 3.63) is 65.3 Å². The van der Waals surface area contributed by atoms with Crippen molar-refractivity contribution in [2.45, 2.75) is 0 Å². The fourth-order valence-electron chi connectivity index (χ4n) is 1.93. The third-order valence-corrected chi connectivity index (χ3v) is 3.44. The second-order valence-corrected chi connectivity index (χ2v) is 5.22. The molecule has 0 saturated carbocycles. The van der Waals surface area contributed by atoms with Gasteiger partial charge in [-0.1, -0.05) is 15.9 Å². The molecule has 0 aliphatic rings. The highest BCUT2D eigenvalue weighted by molar-refractivity contribution is 9.10. The zero-order valence-corrected chi connectivity index (χ0v) is 11.9. The Hall–Kier alpha value is -2.14. The predicted molar refractivity (Wildman–Crippen MR) is 78.3 cm³/mol. The molecule has 0 bridgehead atoms. The number of hydrogen-bond donors (Lipinski definition) is 1. The molecule has 3 aromatic rings. The van der Waals surface area contributed by atoms with Gasteiger partial charge in [0.2, 0.25) is 0 Å². The van der Waals surface area contributed by atoms with Gasteiger partial charge < -0.3 is 9.67 Å². The number of phenolic OH excluding ortho intramolecular Hbond substituents is 1. The van der Waals surface area contributed by atoms with Crippen molar-refractivity contribution in [3.63, 3.8) is 0 Å². The number of rotatable bonds is 2. The van der Waals surface area contributed by atoms with Gasteiger partial charge in [0.15, 0.2) is 0 Å². The summed E-state index contributed by atoms with van der Waals surface area (Å²) in [5.41, 5.74) is 2.09. The zero-order chi connectivity index (χ0) is 14.1. The van der Waals surface area contributed by atoms with E-state index in [4.69, 9.17) is 0 Å². The Kier molecular flexibility index (Phi) is 3.28. The van der Waals surface area contributed by atoms with Gasteiger partial charge in [0.25, 0.3) is 0 Å². The van der Waals surface area contributed by atoms with Crippen molar-refractivity contribution in [2.24, 2.45) is 0 Å². The molecule has 1 N–H and O–H groups in total. The van der Waals surface area contributed by atoms with Gasteiger partial charge in [-0.25, -0.2) is 9.37 Å². The first-order valence-corrected chi connectivity index (χ1v) is 6.71. The first kappa shape index (κ1) is 12.9. The van der Waals surface area contributed by atoms with Crippen LogP contribution in [0.25, 0.3) is 16.9 Å². The van der Waals surface area contributed by atoms with Crippen LogP contribution in [0.15, 0.2) is 59.5 Å². The average Bonchev–Trinajstić information content (AvgIpc) is 2.92. The van der Waals surface area contributed by atoms with Crippen LogP contribution in [0.1, 0.15) is 0 Å². The molecule has 0 aliphatic heterocycles. The smallest absolute Gasteiger partial charge is 0.125 e. The fraction of sp³-hybridized carbons (Fsp3) is 0. The van der Waals surface area contributed by atoms with Crippen LogP contribution >= 0.6 is 15.9 Å². The first-order chi connectivity index (χ1) is 9.63. The van der Waals surface area contributed by atoms with Gasteiger partial charge in [0.05, 0.1) is 12.0 Å². The monoisotopic (exact) mass is 332 g/mol. The maximum absolute atomic E-state index is 12.9. The Balaban J connectivity index is 2.01. The van der Waals surface area contributed by atoms with E-state index in [9.17, 15) is 9.50 Å². The van der Waals surface area contributed by atoms with E-state index < -0.39 is 0 Å². The molecular formula is C15H10BrFN2O. The highest BCUT2D eigenvalue weighted by Crippen LogP contribution is 2.31. The Morgan fingerprint density at radius 2 is 1.85 bits per heavy atom. The van der Waals surface area contributed by atoms with Gasteiger partial charge in [-0.15, -0.1) is 0 Å². The van der Waals surface area contributed by atoms with Crippen LogP contribution in [-0.2, 0) is 0 Å². The van der Waals surface area contributed by atoms with Gasteiger partial charge in [-0.2, -0.15) is 0 Å². The van der Waals surface area contributed by atoms with Gasteiger partial charge in [0, 0.05) is 21.9 Å². The van der Waals surface area contributed by atoms with Crippen molar-refractivity contribution in [1.82, 2.24) is 9.55 Å². The molecule has 5 heteroatoms. The molecule has 20 heavy (non-hydrogen) atoms. The molecule has 100 valence electrons. The van der Waals surface area contributed by atoms with Crippen molar-refractivity contribution >= 4 is 15.9 Å². The van der Waals surface area contributed by atoms with E-state index in [1.807, 2.05) is 0 Å². The summed E-state index contributed by atoms with van der Waals surface area (Å²) < 4.78 is 15.5. The number of benzene rings is 2. The lowest BCUT2D eigenvalue weighted by Crippen LogP contribution is -1.89. The molecule has 0 unspecified atom stereocenters. The standard InChI is InChI=1S/C15H10BrFN2O/c16-10-1-6-15(20)13(7-10)14-8-19(9-18-14)12-4-2-11(17)3-5-12/h1-9,20H. The maximum Gasteiger partial charge on any atom is 0.125 e. The number of imidazole rings is 1. The summed E-state index contributed by atoms with van der Waals surface area (Å²) in [7, 11) is 0. The topological polar surface area (TPSA) is 38.0 Å². The minimum atomic E-state index is -0.279. The van der Waals surface area contributed by atoms with E-state index in [0.29, 0.717) is 11.3 Å². The van der Waals surface area contributed by atoms with Crippen LogP contribution in [0.5, 0.6) is 5.75 Å². The van der Waals surface area contributed by atoms with Crippen LogP contribution in [0, 0.1) is 5.82 Å². The SMILES string of the molecule is Oc1ccc(Br)cc1-c1cn(-c2ccc(F)cc2)cn1. The summed E-state index contributed by atoms with van der Waals surface area (Å²) in [6, 6.07) is 11.3. The summed E-state index contributed by atoms with van der Waals surface area (Å²) in [5.74, 6) is -0.115. The summed E-state index contributed by atoms with van der Waals surface area (Å²) in [6.07, 6.45) is 3.41. The Morgan fingerprint density at radius 3 is 2.60 bits per heavy atom. The van der Waals surface area contributed by atoms with E-state index in [1.165, 1.54) is 12.1 Å². The van der Waals surface area contributed by atoms with Gasteiger partial charge in [0.1, 0.15) is 11.6 Å². The van der Waals surface area contributed by atoms with Crippen LogP contribution in [0.4, 0.5) is 4.39 Å². The van der Waals surface area contributed by atoms with Crippen molar-refractivity contribution < 1.29 is 9.50 Å². The summed E-state index contributed by atoms with van der Waals surface area (Å²) >= 11 is 3.37. The average molecular weight is 333 g/mol. The number of aromatic hydroxyl groups is 1. The van der Waals surface area contributed by atoms with Gasteiger partial charge in [-0.05, 0) is 42.5 Å². The second kappa shape index (κ2) is 5.09. The Morgan fingerprint density at radius 1 is 1.10 bits per heavy atom. The number of hydrogen-bond acceptors (Lipinski definition) is 2. The lowest BCUT2D eigenvalue weighted by molar-refractivity contribution is 0.477. The summed E-state index contributed by atoms with van der Waals surface area (Å²) in [4.78, 5) is 4.28. The van der Waals surface area contributed by atoms with E-state index >= 15 is 0 Å². The molecule has 0 saturated heterocycles. The molecule has 0 radical (unpaired) electrons. The summed E-state index contributed by atoms with van der Waals surface area (Å²) in [5, 5.41) is 9.88. The van der Waals surface area contributed by atoms with Gasteiger partial charge >= 0.3 is 0 Å². The molecule has 1 heterocycles. The largest absolute Gasteiger partial charge is 0.507 e. The highest BCUT2D eigenvalue weighted by Gasteiger charge is 2.09. The fourth-order valence-corrected chi connectivity index (χ4v) is 2.29. The molecule has 0 aliphatic carbocycles. The number of phenols is 1. The molecule has 0 spiro atoms. The Labute approximate surface area is 123 Å². The maximum atomic E-state index is 12.9. The number of aromatic nitrogens is 2. The van der Waals surface area contributed by atoms with Crippen molar-refractivity contribution in [2.75, 3.05) is 0 Å². The zero-order valence-electron chi connectivity index (χ0n) is 10.3. The number of nitrogens with zero attached hydrogens (tertiary/aromatic N) is 2. The van der Waals surface area contributed by atoms with Crippen LogP contribution < -0.4 is 0 Å². The third-order valence-electron chi connectivity index (χ3n) is 2.94. The van der Waals surface area contributed by atoms with Crippen LogP contribution in [0.2, 0.25) is 0 Å². The molecule has 0 amide bonds. The van der Waals surface area contributed by atoms with E-state index in [2.05, 4.69) is 20.9 Å². The molecule has 0 fully saturated rings.